The SMILES string of the molecule is CC1(C)CN(C(=O)c2ccco2)C2(S1)C(=O)N(Cc1ccc(F)cc1)c1ccccc12. The highest BCUT2D eigenvalue weighted by Crippen LogP contribution is 2.60. The van der Waals surface area contributed by atoms with Crippen LogP contribution in [0.15, 0.2) is 71.3 Å². The number of hydrogen-bond donors (Lipinski definition) is 0. The number of carbonyl (C=O) groups excluding carboxylic acids is 2. The Labute approximate surface area is 183 Å². The predicted octanol–water partition coefficient (Wildman–Crippen LogP) is 4.79. The molecule has 2 aliphatic rings. The Morgan fingerprint density at radius 1 is 1.10 bits per heavy atom. The molecule has 0 radical (unpaired) electrons. The van der Waals surface area contributed by atoms with Gasteiger partial charge in [-0.2, -0.15) is 0 Å². The van der Waals surface area contributed by atoms with E-state index >= 15 is 0 Å². The fourth-order valence-corrected chi connectivity index (χ4v) is 6.15. The summed E-state index contributed by atoms with van der Waals surface area (Å²) in [4.78, 5) is 29.6. The van der Waals surface area contributed by atoms with E-state index in [1.807, 2.05) is 38.1 Å². The highest BCUT2D eigenvalue weighted by Gasteiger charge is 2.63. The molecule has 2 amide bonds. The molecule has 3 heterocycles. The van der Waals surface area contributed by atoms with Gasteiger partial charge in [-0.1, -0.05) is 30.3 Å². The molecule has 1 unspecified atom stereocenters. The van der Waals surface area contributed by atoms with Crippen LogP contribution in [0.2, 0.25) is 0 Å². The van der Waals surface area contributed by atoms with Crippen LogP contribution in [0.5, 0.6) is 0 Å². The Morgan fingerprint density at radius 3 is 2.55 bits per heavy atom. The van der Waals surface area contributed by atoms with Crippen LogP contribution in [-0.2, 0) is 16.2 Å². The average Bonchev–Trinajstić information content (AvgIpc) is 3.43. The smallest absolute Gasteiger partial charge is 0.291 e. The number of hydrogen-bond acceptors (Lipinski definition) is 4. The summed E-state index contributed by atoms with van der Waals surface area (Å²) in [6, 6.07) is 17.0. The molecule has 0 bridgehead atoms. The first-order chi connectivity index (χ1) is 14.8. The number of thioether (sulfide) groups is 1. The number of rotatable bonds is 3. The summed E-state index contributed by atoms with van der Waals surface area (Å²) in [6.07, 6.45) is 1.46. The molecular weight excluding hydrogens is 415 g/mol. The molecule has 1 spiro atoms. The largest absolute Gasteiger partial charge is 0.459 e. The first kappa shape index (κ1) is 19.9. The molecule has 1 saturated heterocycles. The van der Waals surface area contributed by atoms with E-state index < -0.39 is 4.87 Å². The van der Waals surface area contributed by atoms with Gasteiger partial charge in [0.2, 0.25) is 0 Å². The Balaban J connectivity index is 1.62. The van der Waals surface area contributed by atoms with Gasteiger partial charge in [0.15, 0.2) is 10.6 Å². The number of fused-ring (bicyclic) bond motifs is 2. The van der Waals surface area contributed by atoms with Gasteiger partial charge in [0.05, 0.1) is 18.5 Å². The van der Waals surface area contributed by atoms with E-state index in [0.29, 0.717) is 13.1 Å². The van der Waals surface area contributed by atoms with Crippen LogP contribution in [0, 0.1) is 5.82 Å². The zero-order chi connectivity index (χ0) is 21.8. The third kappa shape index (κ3) is 3.07. The van der Waals surface area contributed by atoms with E-state index in [9.17, 15) is 14.0 Å². The number of halogens is 1. The maximum Gasteiger partial charge on any atom is 0.291 e. The molecule has 5 nitrogen and oxygen atoms in total. The van der Waals surface area contributed by atoms with Crippen LogP contribution in [0.3, 0.4) is 0 Å². The Bertz CT molecular complexity index is 1160. The summed E-state index contributed by atoms with van der Waals surface area (Å²) >= 11 is 1.49. The average molecular weight is 437 g/mol. The standard InChI is InChI=1S/C24H21FN2O3S/c1-23(2)15-27(21(28)20-8-5-13-30-20)24(31-23)18-6-3-4-7-19(18)26(22(24)29)14-16-9-11-17(25)12-10-16/h3-13H,14-15H2,1-2H3. The molecule has 0 N–H and O–H groups in total. The van der Waals surface area contributed by atoms with Gasteiger partial charge >= 0.3 is 0 Å². The number of carbonyl (C=O) groups is 2. The highest BCUT2D eigenvalue weighted by molar-refractivity contribution is 8.02. The number of amides is 2. The van der Waals surface area contributed by atoms with Gasteiger partial charge in [-0.05, 0) is 49.7 Å². The molecule has 158 valence electrons. The topological polar surface area (TPSA) is 53.8 Å². The second kappa shape index (κ2) is 6.99. The number of furan rings is 1. The molecule has 31 heavy (non-hydrogen) atoms. The number of para-hydroxylation sites is 1. The van der Waals surface area contributed by atoms with Crippen molar-refractivity contribution in [3.63, 3.8) is 0 Å². The van der Waals surface area contributed by atoms with Crippen molar-refractivity contribution < 1.29 is 18.4 Å². The first-order valence-corrected chi connectivity index (χ1v) is 10.8. The summed E-state index contributed by atoms with van der Waals surface area (Å²) in [5.41, 5.74) is 2.37. The Kier molecular flexibility index (Phi) is 4.48. The first-order valence-electron chi connectivity index (χ1n) is 10.0. The minimum atomic E-state index is -1.18. The van der Waals surface area contributed by atoms with Crippen molar-refractivity contribution in [3.8, 4) is 0 Å². The molecule has 3 aromatic rings. The van der Waals surface area contributed by atoms with E-state index in [0.717, 1.165) is 16.8 Å². The summed E-state index contributed by atoms with van der Waals surface area (Å²) < 4.78 is 18.4. The lowest BCUT2D eigenvalue weighted by atomic mass is 10.0. The minimum Gasteiger partial charge on any atom is -0.459 e. The van der Waals surface area contributed by atoms with E-state index in [-0.39, 0.29) is 28.1 Å². The maximum atomic E-state index is 14.0. The van der Waals surface area contributed by atoms with Gasteiger partial charge in [-0.15, -0.1) is 11.8 Å². The van der Waals surface area contributed by atoms with Gasteiger partial charge in [-0.3, -0.25) is 9.59 Å². The normalized spacial score (nSPS) is 21.7. The van der Waals surface area contributed by atoms with E-state index in [1.54, 1.807) is 34.1 Å². The van der Waals surface area contributed by atoms with Crippen molar-refractivity contribution in [2.45, 2.75) is 30.0 Å². The fraction of sp³-hybridized carbons (Fsp3) is 0.250. The molecule has 0 aliphatic carbocycles. The predicted molar refractivity (Wildman–Crippen MR) is 117 cm³/mol. The molecule has 1 aromatic heterocycles. The zero-order valence-corrected chi connectivity index (χ0v) is 18.0. The van der Waals surface area contributed by atoms with E-state index in [4.69, 9.17) is 4.42 Å². The number of nitrogens with zero attached hydrogens (tertiary/aromatic N) is 2. The van der Waals surface area contributed by atoms with Crippen LogP contribution in [0.25, 0.3) is 0 Å². The molecule has 0 saturated carbocycles. The van der Waals surface area contributed by atoms with Gasteiger partial charge < -0.3 is 14.2 Å². The van der Waals surface area contributed by atoms with Gasteiger partial charge in [0, 0.05) is 16.9 Å². The van der Waals surface area contributed by atoms with Crippen molar-refractivity contribution in [1.82, 2.24) is 4.90 Å². The third-order valence-electron chi connectivity index (χ3n) is 5.67. The fourth-order valence-electron chi connectivity index (χ4n) is 4.42. The van der Waals surface area contributed by atoms with Gasteiger partial charge in [0.1, 0.15) is 5.82 Å². The van der Waals surface area contributed by atoms with Crippen molar-refractivity contribution in [2.24, 2.45) is 0 Å². The lowest BCUT2D eigenvalue weighted by Gasteiger charge is -2.32. The lowest BCUT2D eigenvalue weighted by Crippen LogP contribution is -2.50. The highest BCUT2D eigenvalue weighted by atomic mass is 32.2. The van der Waals surface area contributed by atoms with Crippen molar-refractivity contribution in [2.75, 3.05) is 11.4 Å². The molecule has 2 aromatic carbocycles. The monoisotopic (exact) mass is 436 g/mol. The van der Waals surface area contributed by atoms with Crippen LogP contribution in [0.4, 0.5) is 10.1 Å². The van der Waals surface area contributed by atoms with Crippen molar-refractivity contribution in [3.05, 3.63) is 89.6 Å². The number of anilines is 1. The minimum absolute atomic E-state index is 0.173. The van der Waals surface area contributed by atoms with Crippen LogP contribution in [-0.4, -0.2) is 28.0 Å². The second-order valence-electron chi connectivity index (χ2n) is 8.41. The zero-order valence-electron chi connectivity index (χ0n) is 17.2. The summed E-state index contributed by atoms with van der Waals surface area (Å²) in [7, 11) is 0. The Morgan fingerprint density at radius 2 is 1.84 bits per heavy atom. The molecular formula is C24H21FN2O3S. The summed E-state index contributed by atoms with van der Waals surface area (Å²) in [6.45, 7) is 4.77. The lowest BCUT2D eigenvalue weighted by molar-refractivity contribution is -0.123. The Hall–Kier alpha value is -3.06. The van der Waals surface area contributed by atoms with E-state index in [1.165, 1.54) is 30.2 Å². The maximum absolute atomic E-state index is 14.0. The van der Waals surface area contributed by atoms with Crippen LogP contribution in [0.1, 0.15) is 35.5 Å². The van der Waals surface area contributed by atoms with Gasteiger partial charge in [0.25, 0.3) is 11.8 Å². The molecule has 1 fully saturated rings. The van der Waals surface area contributed by atoms with E-state index in [2.05, 4.69) is 0 Å². The van der Waals surface area contributed by atoms with Crippen molar-refractivity contribution >= 4 is 29.3 Å². The quantitative estimate of drug-likeness (QED) is 0.593. The molecule has 2 aliphatic heterocycles. The molecule has 5 rings (SSSR count). The van der Waals surface area contributed by atoms with Crippen LogP contribution >= 0.6 is 11.8 Å². The molecule has 7 heteroatoms. The summed E-state index contributed by atoms with van der Waals surface area (Å²) in [5.74, 6) is -0.597. The molecule has 1 atom stereocenters. The van der Waals surface area contributed by atoms with Crippen LogP contribution < -0.4 is 4.90 Å². The summed E-state index contributed by atoms with van der Waals surface area (Å²) in [5, 5.41) is 0. The number of benzene rings is 2. The van der Waals surface area contributed by atoms with Gasteiger partial charge in [-0.25, -0.2) is 4.39 Å². The third-order valence-corrected chi connectivity index (χ3v) is 7.26. The second-order valence-corrected chi connectivity index (χ2v) is 10.3. The van der Waals surface area contributed by atoms with Crippen molar-refractivity contribution in [1.29, 1.82) is 0 Å².